The molecule has 0 aliphatic carbocycles. The smallest absolute Gasteiger partial charge is 0.379 e. The van der Waals surface area contributed by atoms with Crippen molar-refractivity contribution in [2.45, 2.75) is 53.8 Å². The van der Waals surface area contributed by atoms with Crippen molar-refractivity contribution in [2.24, 2.45) is 0 Å². The summed E-state index contributed by atoms with van der Waals surface area (Å²) in [5.74, 6) is 0. The highest BCUT2D eigenvalue weighted by molar-refractivity contribution is 5.76. The molecule has 0 aliphatic heterocycles. The molecule has 0 aliphatic rings. The van der Waals surface area contributed by atoms with Crippen LogP contribution in [0.5, 0.6) is 0 Å². The predicted octanol–water partition coefficient (Wildman–Crippen LogP) is 6.45. The highest BCUT2D eigenvalue weighted by Gasteiger charge is 2.39. The molecule has 0 saturated carbocycles. The number of aldehydes is 1. The van der Waals surface area contributed by atoms with E-state index in [1.807, 2.05) is 58.9 Å². The van der Waals surface area contributed by atoms with Gasteiger partial charge in [0, 0.05) is 5.56 Å². The van der Waals surface area contributed by atoms with E-state index in [9.17, 15) is 18.0 Å². The Morgan fingerprint density at radius 3 is 1.62 bits per heavy atom. The van der Waals surface area contributed by atoms with Gasteiger partial charge < -0.3 is 5.11 Å². The van der Waals surface area contributed by atoms with Gasteiger partial charge in [-0.15, -0.1) is 0 Å². The number of carbonyl (C=O) groups excluding carboxylic acids is 1. The molecule has 0 spiro atoms. The maximum absolute atomic E-state index is 12.1. The normalized spacial score (nSPS) is 10.7. The van der Waals surface area contributed by atoms with E-state index in [1.54, 1.807) is 6.07 Å². The van der Waals surface area contributed by atoms with E-state index in [0.717, 1.165) is 17.4 Å². The number of aliphatic hydroxyl groups excluding tert-OH is 1. The molecule has 1 N–H and O–H groups in total. The van der Waals surface area contributed by atoms with Crippen LogP contribution in [0.25, 0.3) is 0 Å². The van der Waals surface area contributed by atoms with Gasteiger partial charge in [-0.05, 0) is 30.5 Å². The second-order valence-corrected chi connectivity index (χ2v) is 4.78. The van der Waals surface area contributed by atoms with Crippen LogP contribution in [0, 0.1) is 13.8 Å². The third kappa shape index (κ3) is 9.37. The molecule has 26 heavy (non-hydrogen) atoms. The van der Waals surface area contributed by atoms with E-state index >= 15 is 0 Å². The van der Waals surface area contributed by atoms with Gasteiger partial charge in [0.15, 0.2) is 6.10 Å². The number of rotatable bonds is 2. The third-order valence-electron chi connectivity index (χ3n) is 3.11. The summed E-state index contributed by atoms with van der Waals surface area (Å²) in [6.07, 6.45) is -6.10. The largest absolute Gasteiger partial charge is 0.418 e. The van der Waals surface area contributed by atoms with Crippen molar-refractivity contribution in [3.63, 3.8) is 0 Å². The predicted molar refractivity (Wildman–Crippen MR) is 101 cm³/mol. The quantitative estimate of drug-likeness (QED) is 0.617. The number of benzene rings is 2. The van der Waals surface area contributed by atoms with Gasteiger partial charge >= 0.3 is 6.18 Å². The Labute approximate surface area is 154 Å². The van der Waals surface area contributed by atoms with Crippen LogP contribution in [-0.4, -0.2) is 17.6 Å². The van der Waals surface area contributed by atoms with Crippen LogP contribution in [0.15, 0.2) is 48.5 Å². The number of halogens is 3. The highest BCUT2D eigenvalue weighted by Crippen LogP contribution is 2.33. The summed E-state index contributed by atoms with van der Waals surface area (Å²) in [5.41, 5.74) is 2.16. The zero-order valence-corrected chi connectivity index (χ0v) is 16.3. The van der Waals surface area contributed by atoms with Gasteiger partial charge in [-0.25, -0.2) is 0 Å². The van der Waals surface area contributed by atoms with Crippen LogP contribution >= 0.6 is 0 Å². The molecule has 2 aromatic rings. The zero-order chi connectivity index (χ0) is 20.8. The van der Waals surface area contributed by atoms with Gasteiger partial charge in [-0.3, -0.25) is 4.79 Å². The number of hydrogen-bond donors (Lipinski definition) is 1. The Kier molecular flexibility index (Phi) is 14.1. The number of alkyl halides is 3. The van der Waals surface area contributed by atoms with Gasteiger partial charge in [-0.2, -0.15) is 13.2 Å². The van der Waals surface area contributed by atoms with Crippen LogP contribution in [0.2, 0.25) is 0 Å². The average molecular weight is 370 g/mol. The maximum Gasteiger partial charge on any atom is 0.418 e. The molecule has 0 radical (unpaired) electrons. The number of carbonyl (C=O) groups is 1. The number of hydrogen-bond acceptors (Lipinski definition) is 2. The molecule has 0 aromatic heterocycles. The highest BCUT2D eigenvalue weighted by atomic mass is 19.4. The van der Waals surface area contributed by atoms with E-state index in [1.165, 1.54) is 25.1 Å². The molecular formula is C21H29F3O2. The van der Waals surface area contributed by atoms with Crippen molar-refractivity contribution < 1.29 is 23.1 Å². The third-order valence-corrected chi connectivity index (χ3v) is 3.11. The minimum Gasteiger partial charge on any atom is -0.379 e. The monoisotopic (exact) mass is 370 g/mol. The first-order valence-corrected chi connectivity index (χ1v) is 8.58. The molecule has 0 heterocycles. The molecule has 0 saturated heterocycles. The molecule has 0 fully saturated rings. The van der Waals surface area contributed by atoms with E-state index in [0.29, 0.717) is 5.56 Å². The minimum atomic E-state index is -4.59. The van der Waals surface area contributed by atoms with Crippen molar-refractivity contribution in [1.29, 1.82) is 0 Å². The van der Waals surface area contributed by atoms with Crippen LogP contribution in [0.1, 0.15) is 60.8 Å². The SMILES string of the molecule is CC.CC.Cc1ccccc1C(O)C(F)(F)F.Cc1ccccc1C=O. The summed E-state index contributed by atoms with van der Waals surface area (Å²) >= 11 is 0. The topological polar surface area (TPSA) is 37.3 Å². The van der Waals surface area contributed by atoms with Crippen LogP contribution in [0.4, 0.5) is 13.2 Å². The molecule has 1 unspecified atom stereocenters. The van der Waals surface area contributed by atoms with Crippen LogP contribution < -0.4 is 0 Å². The summed E-state index contributed by atoms with van der Waals surface area (Å²) < 4.78 is 36.2. The summed E-state index contributed by atoms with van der Waals surface area (Å²) in [4.78, 5) is 10.2. The van der Waals surface area contributed by atoms with E-state index in [-0.39, 0.29) is 5.56 Å². The van der Waals surface area contributed by atoms with E-state index in [2.05, 4.69) is 0 Å². The van der Waals surface area contributed by atoms with Gasteiger partial charge in [0.25, 0.3) is 0 Å². The number of aryl methyl sites for hydroxylation is 2. The van der Waals surface area contributed by atoms with E-state index in [4.69, 9.17) is 5.11 Å². The van der Waals surface area contributed by atoms with Gasteiger partial charge in [-0.1, -0.05) is 76.2 Å². The Bertz CT molecular complexity index is 623. The van der Waals surface area contributed by atoms with Crippen molar-refractivity contribution >= 4 is 6.29 Å². The first-order valence-electron chi connectivity index (χ1n) is 8.58. The Balaban J connectivity index is 0. The Hall–Kier alpha value is -2.14. The van der Waals surface area contributed by atoms with Crippen LogP contribution in [-0.2, 0) is 0 Å². The lowest BCUT2D eigenvalue weighted by atomic mass is 10.0. The van der Waals surface area contributed by atoms with Crippen molar-refractivity contribution in [1.82, 2.24) is 0 Å². The average Bonchev–Trinajstić information content (AvgIpc) is 2.65. The van der Waals surface area contributed by atoms with Crippen molar-refractivity contribution in [2.75, 3.05) is 0 Å². The van der Waals surface area contributed by atoms with Gasteiger partial charge in [0.2, 0.25) is 0 Å². The van der Waals surface area contributed by atoms with E-state index < -0.39 is 12.3 Å². The molecule has 1 atom stereocenters. The van der Waals surface area contributed by atoms with Crippen molar-refractivity contribution in [3.8, 4) is 0 Å². The fourth-order valence-corrected chi connectivity index (χ4v) is 1.79. The summed E-state index contributed by atoms with van der Waals surface area (Å²) in [5, 5.41) is 8.91. The Morgan fingerprint density at radius 2 is 1.27 bits per heavy atom. The fourth-order valence-electron chi connectivity index (χ4n) is 1.79. The lowest BCUT2D eigenvalue weighted by molar-refractivity contribution is -0.206. The summed E-state index contributed by atoms with van der Waals surface area (Å²) in [6.45, 7) is 11.5. The maximum atomic E-state index is 12.1. The molecule has 2 nitrogen and oxygen atoms in total. The number of aliphatic hydroxyl groups is 1. The lowest BCUT2D eigenvalue weighted by Gasteiger charge is -2.16. The molecule has 2 aromatic carbocycles. The molecular weight excluding hydrogens is 341 g/mol. The van der Waals surface area contributed by atoms with Gasteiger partial charge in [0.1, 0.15) is 6.29 Å². The first kappa shape index (κ1) is 26.1. The second kappa shape index (κ2) is 14.1. The molecule has 5 heteroatoms. The van der Waals surface area contributed by atoms with Crippen LogP contribution in [0.3, 0.4) is 0 Å². The standard InChI is InChI=1S/C9H9F3O.C8H8O.2C2H6/c1-6-4-2-3-5-7(6)8(13)9(10,11)12;1-7-4-2-3-5-8(7)6-9;2*1-2/h2-5,8,13H,1H3;2-6H,1H3;2*1-2H3. The molecule has 2 rings (SSSR count). The fraction of sp³-hybridized carbons (Fsp3) is 0.381. The molecule has 146 valence electrons. The van der Waals surface area contributed by atoms with Crippen molar-refractivity contribution in [3.05, 3.63) is 70.8 Å². The Morgan fingerprint density at radius 1 is 0.846 bits per heavy atom. The van der Waals surface area contributed by atoms with Gasteiger partial charge in [0.05, 0.1) is 0 Å². The minimum absolute atomic E-state index is 0.0880. The second-order valence-electron chi connectivity index (χ2n) is 4.78. The molecule has 0 bridgehead atoms. The summed E-state index contributed by atoms with van der Waals surface area (Å²) in [7, 11) is 0. The zero-order valence-electron chi connectivity index (χ0n) is 16.3. The lowest BCUT2D eigenvalue weighted by Crippen LogP contribution is -2.20. The summed E-state index contributed by atoms with van der Waals surface area (Å²) in [6, 6.07) is 13.4. The molecule has 0 amide bonds. The first-order chi connectivity index (χ1) is 12.3.